The van der Waals surface area contributed by atoms with E-state index in [4.69, 9.17) is 10.8 Å². The van der Waals surface area contributed by atoms with Crippen LogP contribution in [0.25, 0.3) is 0 Å². The van der Waals surface area contributed by atoms with Gasteiger partial charge in [-0.1, -0.05) is 31.9 Å². The maximum atomic E-state index is 10.7. The van der Waals surface area contributed by atoms with Gasteiger partial charge in [-0.05, 0) is 12.8 Å². The number of nitrogens with zero attached hydrogens (tertiary/aromatic N) is 1. The molecule has 92 valence electrons. The van der Waals surface area contributed by atoms with Crippen LogP contribution in [-0.4, -0.2) is 35.1 Å². The number of hydrogen-bond donors (Lipinski definition) is 2. The van der Waals surface area contributed by atoms with Gasteiger partial charge in [0, 0.05) is 6.54 Å². The Balaban J connectivity index is 3.80. The zero-order valence-electron chi connectivity index (χ0n) is 9.69. The highest BCUT2D eigenvalue weighted by molar-refractivity contribution is 5.80. The Morgan fingerprint density at radius 2 is 1.94 bits per heavy atom. The molecule has 0 aliphatic rings. The van der Waals surface area contributed by atoms with Crippen LogP contribution in [-0.2, 0) is 4.79 Å². The largest absolute Gasteiger partial charge is 0.465 e. The van der Waals surface area contributed by atoms with Crippen molar-refractivity contribution in [3.8, 4) is 0 Å². The minimum atomic E-state index is -1.11. The van der Waals surface area contributed by atoms with Gasteiger partial charge in [0.25, 0.3) is 0 Å². The molecule has 0 atom stereocenters. The number of rotatable bonds is 8. The topological polar surface area (TPSA) is 83.6 Å². The Labute approximate surface area is 95.9 Å². The summed E-state index contributed by atoms with van der Waals surface area (Å²) in [5, 5.41) is 8.76. The molecule has 0 radical (unpaired) electrons. The molecule has 0 bridgehead atoms. The zero-order chi connectivity index (χ0) is 12.4. The first-order valence-electron chi connectivity index (χ1n) is 5.49. The SMILES string of the molecule is CCCC/C=C\CCN(CC(N)=O)C(=O)O. The van der Waals surface area contributed by atoms with Crippen molar-refractivity contribution in [2.45, 2.75) is 32.6 Å². The molecule has 0 aromatic heterocycles. The molecule has 0 unspecified atom stereocenters. The van der Waals surface area contributed by atoms with Crippen LogP contribution in [0.3, 0.4) is 0 Å². The van der Waals surface area contributed by atoms with Crippen LogP contribution < -0.4 is 5.73 Å². The molecule has 0 rings (SSSR count). The summed E-state index contributed by atoms with van der Waals surface area (Å²) < 4.78 is 0. The molecule has 0 aliphatic carbocycles. The summed E-state index contributed by atoms with van der Waals surface area (Å²) in [4.78, 5) is 22.3. The normalized spacial score (nSPS) is 10.6. The van der Waals surface area contributed by atoms with Crippen molar-refractivity contribution in [1.29, 1.82) is 0 Å². The third-order valence-corrected chi connectivity index (χ3v) is 2.07. The highest BCUT2D eigenvalue weighted by Gasteiger charge is 2.12. The number of primary amides is 1. The van der Waals surface area contributed by atoms with Crippen molar-refractivity contribution in [2.24, 2.45) is 5.73 Å². The summed E-state index contributed by atoms with van der Waals surface area (Å²) in [5.41, 5.74) is 4.94. The first kappa shape index (κ1) is 14.5. The molecule has 16 heavy (non-hydrogen) atoms. The molecule has 5 nitrogen and oxygen atoms in total. The number of amides is 2. The number of allylic oxidation sites excluding steroid dienone is 1. The lowest BCUT2D eigenvalue weighted by atomic mass is 10.2. The predicted octanol–water partition coefficient (Wildman–Crippen LogP) is 1.59. The standard InChI is InChI=1S/C11H20N2O3/c1-2-3-4-5-6-7-8-13(11(15)16)9-10(12)14/h5-6H,2-4,7-9H2,1H3,(H2,12,14)(H,15,16)/b6-5-. The van der Waals surface area contributed by atoms with E-state index in [0.717, 1.165) is 24.2 Å². The number of carbonyl (C=O) groups excluding carboxylic acids is 1. The fourth-order valence-corrected chi connectivity index (χ4v) is 1.22. The van der Waals surface area contributed by atoms with E-state index in [9.17, 15) is 9.59 Å². The van der Waals surface area contributed by atoms with Gasteiger partial charge in [0.2, 0.25) is 5.91 Å². The predicted molar refractivity (Wildman–Crippen MR) is 62.1 cm³/mol. The number of hydrogen-bond acceptors (Lipinski definition) is 2. The summed E-state index contributed by atoms with van der Waals surface area (Å²) in [5.74, 6) is -0.627. The van der Waals surface area contributed by atoms with Gasteiger partial charge in [0.1, 0.15) is 6.54 Å². The van der Waals surface area contributed by atoms with Gasteiger partial charge < -0.3 is 10.8 Å². The molecular formula is C11H20N2O3. The van der Waals surface area contributed by atoms with E-state index in [1.54, 1.807) is 0 Å². The maximum absolute atomic E-state index is 10.7. The van der Waals surface area contributed by atoms with Gasteiger partial charge >= 0.3 is 6.09 Å². The van der Waals surface area contributed by atoms with Crippen LogP contribution in [0.4, 0.5) is 4.79 Å². The molecule has 0 spiro atoms. The van der Waals surface area contributed by atoms with Gasteiger partial charge in [-0.3, -0.25) is 9.69 Å². The lowest BCUT2D eigenvalue weighted by Gasteiger charge is -2.15. The molecule has 0 fully saturated rings. The average molecular weight is 228 g/mol. The Morgan fingerprint density at radius 1 is 1.31 bits per heavy atom. The molecule has 0 aromatic carbocycles. The molecule has 0 saturated heterocycles. The van der Waals surface area contributed by atoms with Crippen molar-refractivity contribution >= 4 is 12.0 Å². The fraction of sp³-hybridized carbons (Fsp3) is 0.636. The monoisotopic (exact) mass is 228 g/mol. The molecule has 0 aliphatic heterocycles. The molecule has 5 heteroatoms. The Bertz CT molecular complexity index is 252. The first-order valence-corrected chi connectivity index (χ1v) is 5.49. The minimum Gasteiger partial charge on any atom is -0.465 e. The van der Waals surface area contributed by atoms with Gasteiger partial charge in [-0.15, -0.1) is 0 Å². The van der Waals surface area contributed by atoms with E-state index in [1.807, 2.05) is 12.2 Å². The van der Waals surface area contributed by atoms with E-state index in [2.05, 4.69) is 6.92 Å². The van der Waals surface area contributed by atoms with Gasteiger partial charge in [-0.2, -0.15) is 0 Å². The second-order valence-electron chi connectivity index (χ2n) is 3.57. The van der Waals surface area contributed by atoms with Crippen LogP contribution in [0.2, 0.25) is 0 Å². The summed E-state index contributed by atoms with van der Waals surface area (Å²) in [6.07, 6.45) is 6.78. The van der Waals surface area contributed by atoms with E-state index < -0.39 is 12.0 Å². The van der Waals surface area contributed by atoms with Crippen LogP contribution >= 0.6 is 0 Å². The molecular weight excluding hydrogens is 208 g/mol. The lowest BCUT2D eigenvalue weighted by Crippen LogP contribution is -2.37. The van der Waals surface area contributed by atoms with Crippen molar-refractivity contribution in [1.82, 2.24) is 4.90 Å². The molecule has 0 aromatic rings. The summed E-state index contributed by atoms with van der Waals surface area (Å²) >= 11 is 0. The zero-order valence-corrected chi connectivity index (χ0v) is 9.69. The van der Waals surface area contributed by atoms with Crippen molar-refractivity contribution in [3.63, 3.8) is 0 Å². The molecule has 0 heterocycles. The van der Waals surface area contributed by atoms with Gasteiger partial charge in [0.15, 0.2) is 0 Å². The van der Waals surface area contributed by atoms with Gasteiger partial charge in [0.05, 0.1) is 0 Å². The van der Waals surface area contributed by atoms with Crippen LogP contribution in [0.1, 0.15) is 32.6 Å². The summed E-state index contributed by atoms with van der Waals surface area (Å²) in [7, 11) is 0. The number of carbonyl (C=O) groups is 2. The Hall–Kier alpha value is -1.52. The van der Waals surface area contributed by atoms with E-state index >= 15 is 0 Å². The van der Waals surface area contributed by atoms with Crippen molar-refractivity contribution in [2.75, 3.05) is 13.1 Å². The van der Waals surface area contributed by atoms with E-state index in [0.29, 0.717) is 13.0 Å². The molecule has 3 N–H and O–H groups in total. The van der Waals surface area contributed by atoms with Crippen molar-refractivity contribution < 1.29 is 14.7 Å². The highest BCUT2D eigenvalue weighted by atomic mass is 16.4. The summed E-state index contributed by atoms with van der Waals surface area (Å²) in [6, 6.07) is 0. The van der Waals surface area contributed by atoms with Crippen molar-refractivity contribution in [3.05, 3.63) is 12.2 Å². The molecule has 2 amide bonds. The molecule has 0 saturated carbocycles. The van der Waals surface area contributed by atoms with E-state index in [1.165, 1.54) is 0 Å². The smallest absolute Gasteiger partial charge is 0.407 e. The van der Waals surface area contributed by atoms with Gasteiger partial charge in [-0.25, -0.2) is 4.79 Å². The second-order valence-corrected chi connectivity index (χ2v) is 3.57. The van der Waals surface area contributed by atoms with Crippen LogP contribution in [0.5, 0.6) is 0 Å². The van der Waals surface area contributed by atoms with Crippen LogP contribution in [0, 0.1) is 0 Å². The maximum Gasteiger partial charge on any atom is 0.407 e. The lowest BCUT2D eigenvalue weighted by molar-refractivity contribution is -0.118. The fourth-order valence-electron chi connectivity index (χ4n) is 1.22. The minimum absolute atomic E-state index is 0.238. The summed E-state index contributed by atoms with van der Waals surface area (Å²) in [6.45, 7) is 2.19. The Morgan fingerprint density at radius 3 is 2.44 bits per heavy atom. The number of carboxylic acid groups (broad SMARTS) is 1. The Kier molecular flexibility index (Phi) is 7.93. The third-order valence-electron chi connectivity index (χ3n) is 2.07. The van der Waals surface area contributed by atoms with E-state index in [-0.39, 0.29) is 6.54 Å². The number of unbranched alkanes of at least 4 members (excludes halogenated alkanes) is 2. The first-order chi connectivity index (χ1) is 7.57. The highest BCUT2D eigenvalue weighted by Crippen LogP contribution is 1.98. The quantitative estimate of drug-likeness (QED) is 0.488. The average Bonchev–Trinajstić information content (AvgIpc) is 2.20. The number of nitrogens with two attached hydrogens (primary N) is 1. The third kappa shape index (κ3) is 7.84. The second kappa shape index (κ2) is 8.76. The van der Waals surface area contributed by atoms with Crippen LogP contribution in [0.15, 0.2) is 12.2 Å².